The zero-order valence-corrected chi connectivity index (χ0v) is 33.2. The first-order valence-electron chi connectivity index (χ1n) is 21.0. The largest absolute Gasteiger partial charge is 0.310 e. The van der Waals surface area contributed by atoms with Gasteiger partial charge < -0.3 is 9.47 Å². The lowest BCUT2D eigenvalue weighted by molar-refractivity contribution is 0.660. The number of hydrogen-bond donors (Lipinski definition) is 0. The molecule has 1 fully saturated rings. The Kier molecular flexibility index (Phi) is 8.22. The van der Waals surface area contributed by atoms with Crippen LogP contribution in [0.5, 0.6) is 0 Å². The first kappa shape index (κ1) is 34.6. The van der Waals surface area contributed by atoms with Gasteiger partial charge in [-0.1, -0.05) is 148 Å². The van der Waals surface area contributed by atoms with Crippen LogP contribution in [0.25, 0.3) is 60.9 Å². The normalized spacial score (nSPS) is 14.5. The van der Waals surface area contributed by atoms with Gasteiger partial charge in [0.2, 0.25) is 0 Å². The topological polar surface area (TPSA) is 8.17 Å². The van der Waals surface area contributed by atoms with Gasteiger partial charge in [-0.25, -0.2) is 0 Å². The smallest absolute Gasteiger partial charge is 0.0541 e. The Morgan fingerprint density at radius 3 is 1.69 bits per heavy atom. The van der Waals surface area contributed by atoms with Crippen LogP contribution in [0, 0.1) is 0 Å². The third kappa shape index (κ3) is 5.70. The summed E-state index contributed by atoms with van der Waals surface area (Å²) in [5.74, 6) is 0.675. The summed E-state index contributed by atoms with van der Waals surface area (Å²) in [7, 11) is 0. The van der Waals surface area contributed by atoms with Crippen molar-refractivity contribution in [3.05, 3.63) is 205 Å². The Morgan fingerprint density at radius 2 is 0.983 bits per heavy atom. The molecule has 2 aliphatic carbocycles. The molecule has 2 aliphatic rings. The second kappa shape index (κ2) is 13.8. The monoisotopic (exact) mass is 746 g/mol. The second-order valence-corrected chi connectivity index (χ2v) is 16.9. The Balaban J connectivity index is 1.01. The van der Waals surface area contributed by atoms with Crippen molar-refractivity contribution in [2.75, 3.05) is 4.90 Å². The van der Waals surface area contributed by atoms with Gasteiger partial charge in [0.25, 0.3) is 0 Å². The molecule has 0 atom stereocenters. The van der Waals surface area contributed by atoms with E-state index in [2.05, 4.69) is 211 Å². The summed E-state index contributed by atoms with van der Waals surface area (Å²) in [5.41, 5.74) is 18.7. The molecule has 1 aromatic heterocycles. The van der Waals surface area contributed by atoms with E-state index >= 15 is 0 Å². The predicted octanol–water partition coefficient (Wildman–Crippen LogP) is 15.6. The van der Waals surface area contributed by atoms with Crippen molar-refractivity contribution in [1.29, 1.82) is 0 Å². The summed E-state index contributed by atoms with van der Waals surface area (Å²) < 4.78 is 2.44. The maximum absolute atomic E-state index is 2.46. The summed E-state index contributed by atoms with van der Waals surface area (Å²) in [6.07, 6.45) is 5.27. The minimum Gasteiger partial charge on any atom is -0.310 e. The van der Waals surface area contributed by atoms with Gasteiger partial charge in [0.05, 0.1) is 11.0 Å². The standard InChI is InChI=1S/C56H46N2/c1-56(2)52-36-46(30-32-48(52)49-33-31-47(37-53(49)56)58-54-24-10-8-22-50(54)51-23-9-11-25-55(51)58)57(44-28-26-40(27-29-44)38-16-6-7-17-38)45-21-13-20-43(35-45)42-19-12-18-41(34-42)39-14-4-3-5-15-39/h3-5,8-15,18-38H,6-7,16-17H2,1-2H3. The summed E-state index contributed by atoms with van der Waals surface area (Å²) in [4.78, 5) is 2.46. The van der Waals surface area contributed by atoms with Gasteiger partial charge in [0.1, 0.15) is 0 Å². The summed E-state index contributed by atoms with van der Waals surface area (Å²) in [5, 5.41) is 2.57. The Morgan fingerprint density at radius 1 is 0.448 bits per heavy atom. The summed E-state index contributed by atoms with van der Waals surface area (Å²) in [6, 6.07) is 70.0. The van der Waals surface area contributed by atoms with Crippen LogP contribution in [-0.2, 0) is 5.41 Å². The zero-order chi connectivity index (χ0) is 38.8. The highest BCUT2D eigenvalue weighted by molar-refractivity contribution is 6.09. The third-order valence-corrected chi connectivity index (χ3v) is 13.1. The van der Waals surface area contributed by atoms with E-state index in [0.717, 1.165) is 5.69 Å². The number of para-hydroxylation sites is 2. The molecule has 0 unspecified atom stereocenters. The molecule has 1 heterocycles. The molecular formula is C56H46N2. The van der Waals surface area contributed by atoms with Crippen molar-refractivity contribution in [3.8, 4) is 39.1 Å². The van der Waals surface area contributed by atoms with E-state index in [1.165, 1.54) is 115 Å². The molecule has 0 saturated heterocycles. The summed E-state index contributed by atoms with van der Waals surface area (Å²) in [6.45, 7) is 4.80. The maximum Gasteiger partial charge on any atom is 0.0541 e. The van der Waals surface area contributed by atoms with E-state index in [-0.39, 0.29) is 5.41 Å². The molecule has 11 rings (SSSR count). The van der Waals surface area contributed by atoms with Gasteiger partial charge in [-0.3, -0.25) is 0 Å². The fraction of sp³-hybridized carbons (Fsp3) is 0.143. The lowest BCUT2D eigenvalue weighted by Crippen LogP contribution is -2.17. The van der Waals surface area contributed by atoms with E-state index < -0.39 is 0 Å². The van der Waals surface area contributed by atoms with Crippen LogP contribution in [0.3, 0.4) is 0 Å². The number of anilines is 3. The molecule has 0 aliphatic heterocycles. The van der Waals surface area contributed by atoms with Gasteiger partial charge in [-0.2, -0.15) is 0 Å². The lowest BCUT2D eigenvalue weighted by Gasteiger charge is -2.29. The number of aromatic nitrogens is 1. The van der Waals surface area contributed by atoms with Crippen molar-refractivity contribution in [1.82, 2.24) is 4.57 Å². The molecule has 0 amide bonds. The Bertz CT molecular complexity index is 2930. The van der Waals surface area contributed by atoms with Crippen LogP contribution in [0.1, 0.15) is 62.1 Å². The highest BCUT2D eigenvalue weighted by atomic mass is 15.1. The van der Waals surface area contributed by atoms with Crippen molar-refractivity contribution >= 4 is 38.9 Å². The van der Waals surface area contributed by atoms with Crippen molar-refractivity contribution in [3.63, 3.8) is 0 Å². The lowest BCUT2D eigenvalue weighted by atomic mass is 9.82. The second-order valence-electron chi connectivity index (χ2n) is 16.9. The number of nitrogens with zero attached hydrogens (tertiary/aromatic N) is 2. The molecule has 2 nitrogen and oxygen atoms in total. The molecule has 0 spiro atoms. The fourth-order valence-corrected chi connectivity index (χ4v) is 10.1. The van der Waals surface area contributed by atoms with Crippen LogP contribution >= 0.6 is 0 Å². The Hall–Kier alpha value is -6.64. The van der Waals surface area contributed by atoms with Crippen LogP contribution in [0.15, 0.2) is 188 Å². The van der Waals surface area contributed by atoms with Crippen LogP contribution in [-0.4, -0.2) is 4.57 Å². The SMILES string of the molecule is CC1(C)c2cc(N(c3ccc(C4CCCC4)cc3)c3cccc(-c4cccc(-c5ccccc5)c4)c3)ccc2-c2ccc(-n3c4ccccc4c4ccccc43)cc21. The molecule has 280 valence electrons. The average molecular weight is 747 g/mol. The van der Waals surface area contributed by atoms with Crippen molar-refractivity contribution in [2.45, 2.75) is 50.9 Å². The molecule has 0 bridgehead atoms. The number of fused-ring (bicyclic) bond motifs is 6. The molecule has 0 N–H and O–H groups in total. The van der Waals surface area contributed by atoms with E-state index in [1.807, 2.05) is 0 Å². The molecule has 8 aromatic carbocycles. The molecule has 2 heteroatoms. The molecule has 0 radical (unpaired) electrons. The van der Waals surface area contributed by atoms with Gasteiger partial charge in [0.15, 0.2) is 0 Å². The first-order valence-corrected chi connectivity index (χ1v) is 21.0. The van der Waals surface area contributed by atoms with Crippen LogP contribution in [0.4, 0.5) is 17.1 Å². The Labute approximate surface area is 341 Å². The van der Waals surface area contributed by atoms with E-state index in [4.69, 9.17) is 0 Å². The predicted molar refractivity (Wildman–Crippen MR) is 245 cm³/mol. The molecule has 9 aromatic rings. The fourth-order valence-electron chi connectivity index (χ4n) is 10.1. The molecular weight excluding hydrogens is 701 g/mol. The average Bonchev–Trinajstić information content (AvgIpc) is 3.99. The number of benzene rings is 8. The zero-order valence-electron chi connectivity index (χ0n) is 33.2. The number of rotatable bonds is 7. The van der Waals surface area contributed by atoms with E-state index in [0.29, 0.717) is 5.92 Å². The van der Waals surface area contributed by atoms with Crippen LogP contribution < -0.4 is 4.90 Å². The van der Waals surface area contributed by atoms with Gasteiger partial charge in [-0.05, 0) is 136 Å². The quantitative estimate of drug-likeness (QED) is 0.158. The first-order chi connectivity index (χ1) is 28.5. The minimum absolute atomic E-state index is 0.201. The molecule has 1 saturated carbocycles. The van der Waals surface area contributed by atoms with Crippen molar-refractivity contribution in [2.24, 2.45) is 0 Å². The van der Waals surface area contributed by atoms with E-state index in [1.54, 1.807) is 0 Å². The van der Waals surface area contributed by atoms with Gasteiger partial charge in [0, 0.05) is 38.9 Å². The summed E-state index contributed by atoms with van der Waals surface area (Å²) >= 11 is 0. The van der Waals surface area contributed by atoms with Gasteiger partial charge in [-0.15, -0.1) is 0 Å². The number of hydrogen-bond acceptors (Lipinski definition) is 1. The third-order valence-electron chi connectivity index (χ3n) is 13.1. The van der Waals surface area contributed by atoms with Crippen LogP contribution in [0.2, 0.25) is 0 Å². The van der Waals surface area contributed by atoms with E-state index in [9.17, 15) is 0 Å². The molecule has 58 heavy (non-hydrogen) atoms. The van der Waals surface area contributed by atoms with Gasteiger partial charge >= 0.3 is 0 Å². The van der Waals surface area contributed by atoms with Crippen molar-refractivity contribution < 1.29 is 0 Å². The minimum atomic E-state index is -0.201. The maximum atomic E-state index is 2.46. The highest BCUT2D eigenvalue weighted by Crippen LogP contribution is 2.52. The highest BCUT2D eigenvalue weighted by Gasteiger charge is 2.36.